The fraction of sp³-hybridized carbons (Fsp3) is 0.529. The second-order valence-corrected chi connectivity index (χ2v) is 8.00. The zero-order chi connectivity index (χ0) is 20.0. The monoisotopic (exact) mass is 391 g/mol. The number of hydrogen-bond donors (Lipinski definition) is 0. The van der Waals surface area contributed by atoms with E-state index in [4.69, 9.17) is 0 Å². The average Bonchev–Trinajstić information content (AvgIpc) is 3.46. The number of Topliss-reactive ketones (excluding diaryl/α,β-unsaturated/α-hetero) is 1. The Labute approximate surface area is 159 Å². The second-order valence-electron chi connectivity index (χ2n) is 6.91. The second kappa shape index (κ2) is 6.91. The summed E-state index contributed by atoms with van der Waals surface area (Å²) in [5.74, 6) is -0.00458. The van der Waals surface area contributed by atoms with Gasteiger partial charge in [0.1, 0.15) is 21.5 Å². The van der Waals surface area contributed by atoms with Crippen LogP contribution in [0.5, 0.6) is 0 Å². The first-order valence-corrected chi connectivity index (χ1v) is 9.37. The van der Waals surface area contributed by atoms with E-state index >= 15 is 0 Å². The predicted molar refractivity (Wildman–Crippen MR) is 101 cm³/mol. The summed E-state index contributed by atoms with van der Waals surface area (Å²) in [6.45, 7) is 1.33. The van der Waals surface area contributed by atoms with Crippen molar-refractivity contribution in [1.82, 2.24) is 24.0 Å². The van der Waals surface area contributed by atoms with Crippen LogP contribution in [0.1, 0.15) is 31.5 Å². The zero-order valence-electron chi connectivity index (χ0n) is 15.8. The maximum Gasteiger partial charge on any atom is 0.332 e. The van der Waals surface area contributed by atoms with Crippen LogP contribution in [0, 0.1) is 0 Å². The summed E-state index contributed by atoms with van der Waals surface area (Å²) in [6.07, 6.45) is 1.86. The van der Waals surface area contributed by atoms with Gasteiger partial charge in [0.2, 0.25) is 5.91 Å². The summed E-state index contributed by atoms with van der Waals surface area (Å²) < 4.78 is 2.27. The fourth-order valence-electron chi connectivity index (χ4n) is 2.71. The first-order valence-electron chi connectivity index (χ1n) is 8.49. The molecule has 1 aliphatic carbocycles. The number of nitrogens with zero attached hydrogens (tertiary/aromatic N) is 5. The van der Waals surface area contributed by atoms with Gasteiger partial charge in [-0.2, -0.15) is 0 Å². The minimum absolute atomic E-state index is 0.145. The summed E-state index contributed by atoms with van der Waals surface area (Å²) in [7, 11) is 6.04. The highest BCUT2D eigenvalue weighted by molar-refractivity contribution is 8.01. The third kappa shape index (κ3) is 3.41. The lowest BCUT2D eigenvalue weighted by atomic mass is 10.3. The Morgan fingerprint density at radius 3 is 2.30 bits per heavy atom. The van der Waals surface area contributed by atoms with Crippen LogP contribution in [0.4, 0.5) is 0 Å². The number of rotatable bonds is 5. The molecule has 0 aliphatic heterocycles. The SMILES string of the molecule is CC(=O)[C@@H](Sc1nc(C2CC2)nc2c1c(=O)n(C)c(=O)n2C)C(=O)N(C)C. The van der Waals surface area contributed by atoms with Crippen molar-refractivity contribution in [3.63, 3.8) is 0 Å². The first-order chi connectivity index (χ1) is 12.6. The van der Waals surface area contributed by atoms with Crippen molar-refractivity contribution in [3.8, 4) is 0 Å². The van der Waals surface area contributed by atoms with Crippen molar-refractivity contribution in [2.75, 3.05) is 14.1 Å². The van der Waals surface area contributed by atoms with Crippen LogP contribution in [-0.2, 0) is 23.7 Å². The van der Waals surface area contributed by atoms with Gasteiger partial charge in [-0.15, -0.1) is 0 Å². The van der Waals surface area contributed by atoms with Gasteiger partial charge in [-0.25, -0.2) is 14.8 Å². The van der Waals surface area contributed by atoms with E-state index in [0.29, 0.717) is 5.82 Å². The fourth-order valence-corrected chi connectivity index (χ4v) is 3.85. The topological polar surface area (TPSA) is 107 Å². The standard InChI is InChI=1S/C17H21N5O4S/c1-8(23)11(16(25)20(2)3)27-14-10-13(18-12(19-14)9-6-7-9)21(4)17(26)22(5)15(10)24/h9,11H,6-7H2,1-5H3/t11-/m1/s1. The lowest BCUT2D eigenvalue weighted by molar-refractivity contribution is -0.132. The molecule has 0 unspecified atom stereocenters. The Balaban J connectivity index is 2.27. The molecule has 0 bridgehead atoms. The van der Waals surface area contributed by atoms with Crippen LogP contribution in [0.25, 0.3) is 11.0 Å². The van der Waals surface area contributed by atoms with Crippen molar-refractivity contribution >= 4 is 34.5 Å². The quantitative estimate of drug-likeness (QED) is 0.402. The van der Waals surface area contributed by atoms with Gasteiger partial charge in [0.15, 0.2) is 11.4 Å². The normalized spacial score (nSPS) is 15.0. The Hall–Kier alpha value is -2.49. The van der Waals surface area contributed by atoms with E-state index in [1.807, 2.05) is 0 Å². The molecule has 0 saturated heterocycles. The number of fused-ring (bicyclic) bond motifs is 1. The van der Waals surface area contributed by atoms with Crippen LogP contribution >= 0.6 is 11.8 Å². The van der Waals surface area contributed by atoms with Crippen LogP contribution in [-0.4, -0.2) is 55.0 Å². The molecule has 1 fully saturated rings. The lowest BCUT2D eigenvalue weighted by Gasteiger charge is -2.18. The highest BCUT2D eigenvalue weighted by Crippen LogP contribution is 2.39. The average molecular weight is 391 g/mol. The van der Waals surface area contributed by atoms with Gasteiger partial charge in [0.05, 0.1) is 0 Å². The van der Waals surface area contributed by atoms with Gasteiger partial charge >= 0.3 is 5.69 Å². The highest BCUT2D eigenvalue weighted by Gasteiger charge is 2.32. The van der Waals surface area contributed by atoms with Gasteiger partial charge in [-0.05, 0) is 19.8 Å². The molecule has 1 atom stereocenters. The molecule has 9 nitrogen and oxygen atoms in total. The van der Waals surface area contributed by atoms with E-state index in [2.05, 4.69) is 9.97 Å². The lowest BCUT2D eigenvalue weighted by Crippen LogP contribution is -2.38. The van der Waals surface area contributed by atoms with E-state index in [0.717, 1.165) is 29.2 Å². The summed E-state index contributed by atoms with van der Waals surface area (Å²) in [5.41, 5.74) is -0.809. The van der Waals surface area contributed by atoms with Crippen molar-refractivity contribution < 1.29 is 9.59 Å². The van der Waals surface area contributed by atoms with Crippen LogP contribution in [0.2, 0.25) is 0 Å². The molecule has 144 valence electrons. The zero-order valence-corrected chi connectivity index (χ0v) is 16.7. The largest absolute Gasteiger partial charge is 0.347 e. The maximum absolute atomic E-state index is 12.8. The van der Waals surface area contributed by atoms with E-state index in [1.165, 1.54) is 30.5 Å². The number of thioether (sulfide) groups is 1. The number of aryl methyl sites for hydroxylation is 1. The van der Waals surface area contributed by atoms with Gasteiger partial charge in [0, 0.05) is 34.1 Å². The van der Waals surface area contributed by atoms with Gasteiger partial charge in [0.25, 0.3) is 5.56 Å². The number of hydrogen-bond acceptors (Lipinski definition) is 7. The molecule has 2 aromatic rings. The minimum atomic E-state index is -1.02. The summed E-state index contributed by atoms with van der Waals surface area (Å²) >= 11 is 0.939. The molecule has 10 heteroatoms. The van der Waals surface area contributed by atoms with Gasteiger partial charge < -0.3 is 4.90 Å². The maximum atomic E-state index is 12.8. The number of amides is 1. The van der Waals surface area contributed by atoms with Crippen molar-refractivity contribution in [2.45, 2.75) is 36.0 Å². The minimum Gasteiger partial charge on any atom is -0.347 e. The first kappa shape index (κ1) is 19.3. The van der Waals surface area contributed by atoms with Crippen LogP contribution < -0.4 is 11.2 Å². The Kier molecular flexibility index (Phi) is 4.94. The highest BCUT2D eigenvalue weighted by atomic mass is 32.2. The molecule has 0 radical (unpaired) electrons. The summed E-state index contributed by atoms with van der Waals surface area (Å²) in [5, 5.41) is -0.618. The van der Waals surface area contributed by atoms with Crippen LogP contribution in [0.15, 0.2) is 14.6 Å². The molecule has 0 aromatic carbocycles. The van der Waals surface area contributed by atoms with Gasteiger partial charge in [-0.1, -0.05) is 11.8 Å². The van der Waals surface area contributed by atoms with Crippen molar-refractivity contribution in [3.05, 3.63) is 26.7 Å². The Morgan fingerprint density at radius 2 is 1.78 bits per heavy atom. The van der Waals surface area contributed by atoms with E-state index < -0.39 is 16.5 Å². The molecule has 3 rings (SSSR count). The summed E-state index contributed by atoms with van der Waals surface area (Å²) in [6, 6.07) is 0. The molecular formula is C17H21N5O4S. The van der Waals surface area contributed by atoms with E-state index in [-0.39, 0.29) is 33.7 Å². The number of ketones is 1. The molecule has 27 heavy (non-hydrogen) atoms. The third-order valence-corrected chi connectivity index (χ3v) is 5.78. The number of carbonyl (C=O) groups is 2. The molecule has 2 heterocycles. The molecule has 1 amide bonds. The van der Waals surface area contributed by atoms with Gasteiger partial charge in [-0.3, -0.25) is 23.5 Å². The molecule has 0 N–H and O–H groups in total. The van der Waals surface area contributed by atoms with Crippen molar-refractivity contribution in [2.24, 2.45) is 14.1 Å². The van der Waals surface area contributed by atoms with E-state index in [1.54, 1.807) is 14.1 Å². The Bertz CT molecular complexity index is 1070. The van der Waals surface area contributed by atoms with Crippen LogP contribution in [0.3, 0.4) is 0 Å². The van der Waals surface area contributed by atoms with Crippen molar-refractivity contribution in [1.29, 1.82) is 0 Å². The molecule has 1 aliphatic rings. The smallest absolute Gasteiger partial charge is 0.332 e. The molecule has 2 aromatic heterocycles. The Morgan fingerprint density at radius 1 is 1.15 bits per heavy atom. The number of carbonyl (C=O) groups excluding carboxylic acids is 2. The molecular weight excluding hydrogens is 370 g/mol. The summed E-state index contributed by atoms with van der Waals surface area (Å²) in [4.78, 5) is 59.8. The van der Waals surface area contributed by atoms with E-state index in [9.17, 15) is 19.2 Å². The number of aromatic nitrogens is 4. The predicted octanol–water partition coefficient (Wildman–Crippen LogP) is 0.0425. The molecule has 0 spiro atoms. The molecule has 1 saturated carbocycles. The third-order valence-electron chi connectivity index (χ3n) is 4.49.